The highest BCUT2D eigenvalue weighted by atomic mass is 35.5. The molecule has 0 saturated heterocycles. The van der Waals surface area contributed by atoms with Crippen molar-refractivity contribution in [2.24, 2.45) is 17.8 Å². The Morgan fingerprint density at radius 1 is 1.07 bits per heavy atom. The van der Waals surface area contributed by atoms with E-state index in [0.29, 0.717) is 58.2 Å². The molecular weight excluding hydrogens is 547 g/mol. The number of ether oxygens (including phenoxy) is 1. The van der Waals surface area contributed by atoms with Crippen molar-refractivity contribution in [1.82, 2.24) is 15.3 Å². The third-order valence-electron chi connectivity index (χ3n) is 7.85. The van der Waals surface area contributed by atoms with Gasteiger partial charge in [-0.15, -0.1) is 0 Å². The zero-order valence-corrected chi connectivity index (χ0v) is 23.6. The number of nitrogens with zero attached hydrogens (tertiary/aromatic N) is 3. The van der Waals surface area contributed by atoms with Crippen LogP contribution in [0.5, 0.6) is 0 Å². The summed E-state index contributed by atoms with van der Waals surface area (Å²) in [5.41, 5.74) is 2.20. The van der Waals surface area contributed by atoms with Crippen LogP contribution in [0.25, 0.3) is 0 Å². The van der Waals surface area contributed by atoms with Gasteiger partial charge in [0.25, 0.3) is 0 Å². The molecule has 0 aliphatic heterocycles. The van der Waals surface area contributed by atoms with E-state index in [4.69, 9.17) is 27.9 Å². The molecule has 1 amide bonds. The number of aromatic nitrogens is 2. The van der Waals surface area contributed by atoms with Crippen LogP contribution in [-0.4, -0.2) is 28.6 Å². The van der Waals surface area contributed by atoms with Gasteiger partial charge in [0.05, 0.1) is 6.20 Å². The zero-order valence-electron chi connectivity index (χ0n) is 22.1. The molecule has 3 N–H and O–H groups in total. The molecule has 2 saturated carbocycles. The second-order valence-corrected chi connectivity index (χ2v) is 11.4. The third kappa shape index (κ3) is 7.15. The number of fused-ring (bicyclic) bond motifs is 2. The second-order valence-electron chi connectivity index (χ2n) is 10.6. The highest BCUT2D eigenvalue weighted by molar-refractivity contribution is 6.33. The Labute approximate surface area is 244 Å². The van der Waals surface area contributed by atoms with Crippen LogP contribution in [0.2, 0.25) is 10.0 Å². The summed E-state index contributed by atoms with van der Waals surface area (Å²) in [6.45, 7) is 1.37. The van der Waals surface area contributed by atoms with Crippen molar-refractivity contribution in [3.63, 3.8) is 0 Å². The second kappa shape index (κ2) is 13.2. The molecular formula is C30H32Cl2N6O2. The predicted octanol–water partition coefficient (Wildman–Crippen LogP) is 6.80. The van der Waals surface area contributed by atoms with Gasteiger partial charge in [-0.1, -0.05) is 60.0 Å². The quantitative estimate of drug-likeness (QED) is 0.256. The maximum absolute atomic E-state index is 12.6. The maximum atomic E-state index is 12.6. The van der Waals surface area contributed by atoms with Gasteiger partial charge in [0.2, 0.25) is 5.95 Å². The number of hydrogen-bond acceptors (Lipinski definition) is 7. The Hall–Kier alpha value is -3.54. The largest absolute Gasteiger partial charge is 0.445 e. The molecule has 10 heteroatoms. The van der Waals surface area contributed by atoms with E-state index in [1.54, 1.807) is 18.2 Å². The number of hydrogen-bond donors (Lipinski definition) is 3. The summed E-state index contributed by atoms with van der Waals surface area (Å²) < 4.78 is 5.50. The molecule has 2 aliphatic carbocycles. The van der Waals surface area contributed by atoms with Crippen LogP contribution in [0.4, 0.5) is 16.6 Å². The molecule has 0 spiro atoms. The number of amides is 1. The maximum Gasteiger partial charge on any atom is 0.407 e. The van der Waals surface area contributed by atoms with E-state index in [0.717, 1.165) is 36.8 Å². The van der Waals surface area contributed by atoms with Crippen molar-refractivity contribution in [2.45, 2.75) is 51.3 Å². The first-order valence-corrected chi connectivity index (χ1v) is 14.4. The molecule has 2 bridgehead atoms. The minimum atomic E-state index is -0.346. The van der Waals surface area contributed by atoms with Crippen LogP contribution in [0.1, 0.15) is 48.8 Å². The molecule has 8 nitrogen and oxygen atoms in total. The summed E-state index contributed by atoms with van der Waals surface area (Å²) in [4.78, 5) is 21.4. The normalized spacial score (nSPS) is 21.6. The number of halogens is 2. The molecule has 5 rings (SSSR count). The van der Waals surface area contributed by atoms with Gasteiger partial charge in [-0.2, -0.15) is 10.2 Å². The van der Waals surface area contributed by atoms with Crippen molar-refractivity contribution in [3.8, 4) is 6.07 Å². The summed E-state index contributed by atoms with van der Waals surface area (Å²) in [7, 11) is 0. The molecule has 2 unspecified atom stereocenters. The van der Waals surface area contributed by atoms with E-state index in [-0.39, 0.29) is 18.7 Å². The summed E-state index contributed by atoms with van der Waals surface area (Å²) >= 11 is 12.4. The molecule has 2 fully saturated rings. The van der Waals surface area contributed by atoms with E-state index in [1.165, 1.54) is 12.6 Å². The molecule has 1 heterocycles. The van der Waals surface area contributed by atoms with E-state index in [9.17, 15) is 10.1 Å². The Kier molecular flexibility index (Phi) is 9.25. The van der Waals surface area contributed by atoms with Gasteiger partial charge >= 0.3 is 6.09 Å². The fourth-order valence-corrected chi connectivity index (χ4v) is 6.33. The highest BCUT2D eigenvalue weighted by Gasteiger charge is 2.41. The van der Waals surface area contributed by atoms with Gasteiger partial charge in [-0.3, -0.25) is 0 Å². The first-order valence-electron chi connectivity index (χ1n) is 13.6. The number of rotatable bonds is 9. The summed E-state index contributed by atoms with van der Waals surface area (Å²) in [5.74, 6) is 2.13. The molecule has 3 aromatic rings. The van der Waals surface area contributed by atoms with Crippen molar-refractivity contribution in [1.29, 1.82) is 5.26 Å². The van der Waals surface area contributed by atoms with Crippen molar-refractivity contribution >= 4 is 41.1 Å². The monoisotopic (exact) mass is 578 g/mol. The fraction of sp³-hybridized carbons (Fsp3) is 0.400. The van der Waals surface area contributed by atoms with Gasteiger partial charge in [0.1, 0.15) is 24.1 Å². The van der Waals surface area contributed by atoms with Gasteiger partial charge in [-0.05, 0) is 72.8 Å². The molecule has 1 aromatic heterocycles. The lowest BCUT2D eigenvalue weighted by molar-refractivity contribution is 0.0732. The van der Waals surface area contributed by atoms with Crippen LogP contribution >= 0.6 is 23.2 Å². The number of benzene rings is 2. The topological polar surface area (TPSA) is 112 Å². The van der Waals surface area contributed by atoms with Gasteiger partial charge < -0.3 is 20.7 Å². The summed E-state index contributed by atoms with van der Waals surface area (Å²) in [6, 6.07) is 17.3. The number of anilines is 2. The molecule has 0 radical (unpaired) electrons. The van der Waals surface area contributed by atoms with E-state index in [1.807, 2.05) is 30.3 Å². The van der Waals surface area contributed by atoms with Crippen LogP contribution in [0, 0.1) is 29.1 Å². The number of carbonyl (C=O) groups is 1. The lowest BCUT2D eigenvalue weighted by atomic mass is 9.64. The Balaban J connectivity index is 1.16. The summed E-state index contributed by atoms with van der Waals surface area (Å²) in [6.07, 6.45) is 6.54. The standard InChI is InChI=1S/C30H32Cl2N6O2/c31-25-9-10-26(32)23(13-25)16-35-29-36-17-24(14-33)28(38-29)34-15-20-11-21-7-4-8-22(12-20)27(21)37-30(39)40-18-19-5-2-1-3-6-19/h1-3,5-6,9-10,13,17,20-22,27H,4,7-8,11-12,15-16,18H2,(H,37,39)(H2,34,35,36,38)/t20?,21-,22+,27?. The van der Waals surface area contributed by atoms with Crippen molar-refractivity contribution in [2.75, 3.05) is 17.2 Å². The average Bonchev–Trinajstić information content (AvgIpc) is 2.96. The number of alkyl carbamates (subject to hydrolysis) is 1. The lowest BCUT2D eigenvalue weighted by Crippen LogP contribution is -2.52. The van der Waals surface area contributed by atoms with Crippen molar-refractivity contribution < 1.29 is 9.53 Å². The van der Waals surface area contributed by atoms with E-state index < -0.39 is 0 Å². The number of nitriles is 1. The van der Waals surface area contributed by atoms with E-state index >= 15 is 0 Å². The number of carbonyl (C=O) groups excluding carboxylic acids is 1. The predicted molar refractivity (Wildman–Crippen MR) is 156 cm³/mol. The van der Waals surface area contributed by atoms with Crippen molar-refractivity contribution in [3.05, 3.63) is 81.5 Å². The SMILES string of the molecule is N#Cc1cnc(NCc2cc(Cl)ccc2Cl)nc1NCC1C[C@H]2CCC[C@@H](C1)C2NC(=O)OCc1ccccc1. The Morgan fingerprint density at radius 2 is 1.85 bits per heavy atom. The molecule has 40 heavy (non-hydrogen) atoms. The number of nitrogens with one attached hydrogen (secondary N) is 3. The first-order chi connectivity index (χ1) is 19.5. The first kappa shape index (κ1) is 28.0. The molecule has 208 valence electrons. The minimum Gasteiger partial charge on any atom is -0.445 e. The van der Waals surface area contributed by atoms with E-state index in [2.05, 4.69) is 32.0 Å². The molecule has 4 atom stereocenters. The highest BCUT2D eigenvalue weighted by Crippen LogP contribution is 2.43. The van der Waals surface area contributed by atoms with Gasteiger partial charge in [0, 0.05) is 29.2 Å². The van der Waals surface area contributed by atoms with Gasteiger partial charge in [-0.25, -0.2) is 9.78 Å². The van der Waals surface area contributed by atoms with Crippen LogP contribution < -0.4 is 16.0 Å². The zero-order chi connectivity index (χ0) is 27.9. The average molecular weight is 580 g/mol. The van der Waals surface area contributed by atoms with Crippen LogP contribution in [0.15, 0.2) is 54.7 Å². The van der Waals surface area contributed by atoms with Crippen LogP contribution in [-0.2, 0) is 17.9 Å². The minimum absolute atomic E-state index is 0.135. The molecule has 2 aliphatic rings. The smallest absolute Gasteiger partial charge is 0.407 e. The molecule has 2 aromatic carbocycles. The lowest BCUT2D eigenvalue weighted by Gasteiger charge is -2.46. The Bertz CT molecular complexity index is 1350. The fourth-order valence-electron chi connectivity index (χ4n) is 5.95. The summed E-state index contributed by atoms with van der Waals surface area (Å²) in [5, 5.41) is 20.6. The van der Waals surface area contributed by atoms with Gasteiger partial charge in [0.15, 0.2) is 0 Å². The Morgan fingerprint density at radius 3 is 2.60 bits per heavy atom. The van der Waals surface area contributed by atoms with Crippen LogP contribution in [0.3, 0.4) is 0 Å². The third-order valence-corrected chi connectivity index (χ3v) is 8.45.